The molecule has 1 aliphatic rings. The number of thiophene rings is 1. The minimum Gasteiger partial charge on any atom is -0.484 e. The molecule has 2 aromatic rings. The Hall–Kier alpha value is -2.34. The lowest BCUT2D eigenvalue weighted by molar-refractivity contribution is -0.118. The summed E-state index contributed by atoms with van der Waals surface area (Å²) in [5.74, 6) is 0.507. The van der Waals surface area contributed by atoms with Gasteiger partial charge in [-0.2, -0.15) is 0 Å². The molecule has 1 aromatic carbocycles. The van der Waals surface area contributed by atoms with E-state index < -0.39 is 0 Å². The smallest absolute Gasteiger partial charge is 0.341 e. The summed E-state index contributed by atoms with van der Waals surface area (Å²) in [5.41, 5.74) is 1.55. The Bertz CT molecular complexity index is 785. The number of anilines is 1. The fourth-order valence-corrected chi connectivity index (χ4v) is 4.34. The number of aryl methyl sites for hydroxylation is 1. The van der Waals surface area contributed by atoms with Gasteiger partial charge in [-0.1, -0.05) is 25.1 Å². The van der Waals surface area contributed by atoms with E-state index in [9.17, 15) is 9.59 Å². The van der Waals surface area contributed by atoms with Crippen LogP contribution in [0.15, 0.2) is 30.3 Å². The maximum atomic E-state index is 12.5. The van der Waals surface area contributed by atoms with Crippen molar-refractivity contribution in [2.24, 2.45) is 5.92 Å². The molecule has 5 nitrogen and oxygen atoms in total. The zero-order valence-corrected chi connectivity index (χ0v) is 15.9. The summed E-state index contributed by atoms with van der Waals surface area (Å²) in [6, 6.07) is 9.17. The van der Waals surface area contributed by atoms with Gasteiger partial charge in [0.05, 0.1) is 12.2 Å². The van der Waals surface area contributed by atoms with Crippen molar-refractivity contribution in [1.82, 2.24) is 0 Å². The lowest BCUT2D eigenvalue weighted by atomic mass is 9.88. The summed E-state index contributed by atoms with van der Waals surface area (Å²) in [4.78, 5) is 26.0. The first-order valence-corrected chi connectivity index (χ1v) is 9.69. The summed E-state index contributed by atoms with van der Waals surface area (Å²) in [5, 5.41) is 3.42. The van der Waals surface area contributed by atoms with Gasteiger partial charge < -0.3 is 14.8 Å². The summed E-state index contributed by atoms with van der Waals surface area (Å²) in [6.07, 6.45) is 2.88. The van der Waals surface area contributed by atoms with Gasteiger partial charge in [-0.3, -0.25) is 4.79 Å². The van der Waals surface area contributed by atoms with Crippen LogP contribution in [0.1, 0.15) is 41.1 Å². The molecule has 0 bridgehead atoms. The van der Waals surface area contributed by atoms with Crippen molar-refractivity contribution in [2.75, 3.05) is 18.5 Å². The molecule has 1 amide bonds. The third-order valence-electron chi connectivity index (χ3n) is 4.35. The first kappa shape index (κ1) is 18.5. The molecule has 1 aromatic heterocycles. The van der Waals surface area contributed by atoms with Crippen LogP contribution in [-0.4, -0.2) is 25.1 Å². The van der Waals surface area contributed by atoms with Crippen molar-refractivity contribution in [3.63, 3.8) is 0 Å². The summed E-state index contributed by atoms with van der Waals surface area (Å²) >= 11 is 1.48. The predicted octanol–water partition coefficient (Wildman–Crippen LogP) is 4.07. The van der Waals surface area contributed by atoms with E-state index in [1.165, 1.54) is 16.2 Å². The molecule has 0 radical (unpaired) electrons. The van der Waals surface area contributed by atoms with Crippen LogP contribution in [-0.2, 0) is 22.4 Å². The number of carbonyl (C=O) groups is 2. The highest BCUT2D eigenvalue weighted by molar-refractivity contribution is 7.17. The largest absolute Gasteiger partial charge is 0.484 e. The molecule has 26 heavy (non-hydrogen) atoms. The molecule has 0 saturated heterocycles. The number of amides is 1. The van der Waals surface area contributed by atoms with Crippen LogP contribution in [0.3, 0.4) is 0 Å². The highest BCUT2D eigenvalue weighted by atomic mass is 32.1. The molecule has 0 spiro atoms. The van der Waals surface area contributed by atoms with Crippen LogP contribution >= 0.6 is 11.3 Å². The van der Waals surface area contributed by atoms with E-state index in [4.69, 9.17) is 9.47 Å². The molecular weight excluding hydrogens is 350 g/mol. The quantitative estimate of drug-likeness (QED) is 0.776. The van der Waals surface area contributed by atoms with Crippen molar-refractivity contribution >= 4 is 28.2 Å². The minimum atomic E-state index is -0.363. The van der Waals surface area contributed by atoms with Crippen molar-refractivity contribution in [2.45, 2.75) is 33.1 Å². The van der Waals surface area contributed by atoms with Gasteiger partial charge in [0.2, 0.25) is 0 Å². The fourth-order valence-electron chi connectivity index (χ4n) is 3.09. The number of benzene rings is 1. The molecule has 1 atom stereocenters. The number of ether oxygens (including phenoxy) is 2. The van der Waals surface area contributed by atoms with Gasteiger partial charge >= 0.3 is 5.97 Å². The summed E-state index contributed by atoms with van der Waals surface area (Å²) in [6.45, 7) is 4.17. The Morgan fingerprint density at radius 2 is 2.04 bits per heavy atom. The highest BCUT2D eigenvalue weighted by Gasteiger charge is 2.29. The first-order valence-electron chi connectivity index (χ1n) is 8.87. The Morgan fingerprint density at radius 3 is 2.77 bits per heavy atom. The number of rotatable bonds is 6. The number of carbonyl (C=O) groups excluding carboxylic acids is 2. The lowest BCUT2D eigenvalue weighted by Crippen LogP contribution is -2.21. The van der Waals surface area contributed by atoms with E-state index in [0.717, 1.165) is 24.8 Å². The number of nitrogens with one attached hydrogen (secondary N) is 1. The lowest BCUT2D eigenvalue weighted by Gasteiger charge is -2.18. The third-order valence-corrected chi connectivity index (χ3v) is 5.56. The molecular formula is C20H23NO4S. The fraction of sp³-hybridized carbons (Fsp3) is 0.400. The van der Waals surface area contributed by atoms with Crippen LogP contribution < -0.4 is 10.1 Å². The van der Waals surface area contributed by atoms with Gasteiger partial charge in [0, 0.05) is 4.88 Å². The number of hydrogen-bond acceptors (Lipinski definition) is 5. The molecule has 1 aliphatic carbocycles. The average Bonchev–Trinajstić information content (AvgIpc) is 2.98. The molecule has 3 rings (SSSR count). The van der Waals surface area contributed by atoms with Crippen molar-refractivity contribution in [1.29, 1.82) is 0 Å². The van der Waals surface area contributed by atoms with Gasteiger partial charge in [-0.15, -0.1) is 11.3 Å². The standard InChI is InChI=1S/C20H23NO4S/c1-3-24-20(23)18-15-11-13(2)9-10-16(15)26-19(18)21-17(22)12-25-14-7-5-4-6-8-14/h4-8,13H,3,9-12H2,1-2H3,(H,21,22). The zero-order valence-electron chi connectivity index (χ0n) is 15.0. The number of fused-ring (bicyclic) bond motifs is 1. The second-order valence-electron chi connectivity index (χ2n) is 6.43. The maximum Gasteiger partial charge on any atom is 0.341 e. The van der Waals surface area contributed by atoms with Crippen LogP contribution in [0, 0.1) is 5.92 Å². The second kappa shape index (κ2) is 8.36. The van der Waals surface area contributed by atoms with Crippen molar-refractivity contribution < 1.29 is 19.1 Å². The van der Waals surface area contributed by atoms with Crippen LogP contribution in [0.2, 0.25) is 0 Å². The molecule has 0 aliphatic heterocycles. The van der Waals surface area contributed by atoms with E-state index in [1.54, 1.807) is 19.1 Å². The van der Waals surface area contributed by atoms with Gasteiger partial charge in [0.25, 0.3) is 5.91 Å². The molecule has 138 valence electrons. The van der Waals surface area contributed by atoms with Gasteiger partial charge in [-0.05, 0) is 49.8 Å². The Kier molecular flexibility index (Phi) is 5.93. The number of hydrogen-bond donors (Lipinski definition) is 1. The molecule has 0 fully saturated rings. The van der Waals surface area contributed by atoms with E-state index >= 15 is 0 Å². The van der Waals surface area contributed by atoms with Gasteiger partial charge in [0.1, 0.15) is 10.8 Å². The van der Waals surface area contributed by atoms with Crippen LogP contribution in [0.5, 0.6) is 5.75 Å². The second-order valence-corrected chi connectivity index (χ2v) is 7.53. The SMILES string of the molecule is CCOC(=O)c1c(NC(=O)COc2ccccc2)sc2c1CC(C)CC2. The average molecular weight is 373 g/mol. The Morgan fingerprint density at radius 1 is 1.27 bits per heavy atom. The molecule has 1 heterocycles. The number of para-hydroxylation sites is 1. The molecule has 1 unspecified atom stereocenters. The molecule has 6 heteroatoms. The monoisotopic (exact) mass is 373 g/mol. The van der Waals surface area contributed by atoms with Gasteiger partial charge in [-0.25, -0.2) is 4.79 Å². The predicted molar refractivity (Wildman–Crippen MR) is 102 cm³/mol. The minimum absolute atomic E-state index is 0.106. The zero-order chi connectivity index (χ0) is 18.5. The molecule has 0 saturated carbocycles. The van der Waals surface area contributed by atoms with E-state index in [-0.39, 0.29) is 18.5 Å². The molecule has 1 N–H and O–H groups in total. The van der Waals surface area contributed by atoms with Crippen LogP contribution in [0.25, 0.3) is 0 Å². The third kappa shape index (κ3) is 4.25. The van der Waals surface area contributed by atoms with E-state index in [2.05, 4.69) is 12.2 Å². The van der Waals surface area contributed by atoms with E-state index in [0.29, 0.717) is 28.8 Å². The summed E-state index contributed by atoms with van der Waals surface area (Å²) in [7, 11) is 0. The van der Waals surface area contributed by atoms with Crippen molar-refractivity contribution in [3.8, 4) is 5.75 Å². The first-order chi connectivity index (χ1) is 12.6. The Labute approximate surface area is 157 Å². The maximum absolute atomic E-state index is 12.5. The normalized spacial score (nSPS) is 15.8. The summed E-state index contributed by atoms with van der Waals surface area (Å²) < 4.78 is 10.7. The highest BCUT2D eigenvalue weighted by Crippen LogP contribution is 2.40. The van der Waals surface area contributed by atoms with Crippen molar-refractivity contribution in [3.05, 3.63) is 46.3 Å². The Balaban J connectivity index is 1.76. The van der Waals surface area contributed by atoms with Gasteiger partial charge in [0.15, 0.2) is 6.61 Å². The topological polar surface area (TPSA) is 64.6 Å². The number of esters is 1. The van der Waals surface area contributed by atoms with Crippen LogP contribution in [0.4, 0.5) is 5.00 Å². The van der Waals surface area contributed by atoms with E-state index in [1.807, 2.05) is 18.2 Å².